The number of hydrogen-bond acceptors (Lipinski definition) is 5. The molecule has 1 heterocycles. The van der Waals surface area contributed by atoms with Crippen molar-refractivity contribution in [2.45, 2.75) is 0 Å². The average Bonchev–Trinajstić information content (AvgIpc) is 2.46. The summed E-state index contributed by atoms with van der Waals surface area (Å²) in [6.07, 6.45) is 2.34. The molecule has 5 heteroatoms. The number of benzene rings is 1. The maximum atomic E-state index is 10.6. The van der Waals surface area contributed by atoms with E-state index in [0.29, 0.717) is 23.0 Å². The van der Waals surface area contributed by atoms with Crippen LogP contribution in [0.4, 0.5) is 0 Å². The van der Waals surface area contributed by atoms with Crippen molar-refractivity contribution in [1.29, 1.82) is 0 Å². The molecule has 2 rings (SSSR count). The molecule has 0 amide bonds. The number of hydrogen-bond donors (Lipinski definition) is 0. The van der Waals surface area contributed by atoms with E-state index in [1.165, 1.54) is 14.2 Å². The molecular weight excluding hydrogens is 232 g/mol. The molecule has 0 unspecified atom stereocenters. The Kier molecular flexibility index (Phi) is 3.52. The predicted octanol–water partition coefficient (Wildman–Crippen LogP) is 1.97. The van der Waals surface area contributed by atoms with E-state index in [9.17, 15) is 4.79 Å². The van der Waals surface area contributed by atoms with Gasteiger partial charge in [-0.1, -0.05) is 24.3 Å². The van der Waals surface area contributed by atoms with E-state index in [1.54, 1.807) is 30.5 Å². The van der Waals surface area contributed by atoms with E-state index in [0.717, 1.165) is 11.8 Å². The summed E-state index contributed by atoms with van der Waals surface area (Å²) >= 11 is 0. The van der Waals surface area contributed by atoms with Gasteiger partial charge in [0.25, 0.3) is 5.88 Å². The standard InChI is InChI=1S/C13H12N2O3/c1-17-11-7-14-12(15-13(11)18-2)10-5-3-9(8-16)4-6-10/h3-8H,1-2H3. The maximum absolute atomic E-state index is 10.6. The van der Waals surface area contributed by atoms with Gasteiger partial charge >= 0.3 is 0 Å². The molecule has 0 aliphatic rings. The molecule has 5 nitrogen and oxygen atoms in total. The second kappa shape index (κ2) is 5.27. The van der Waals surface area contributed by atoms with Gasteiger partial charge in [0, 0.05) is 11.1 Å². The fourth-order valence-corrected chi connectivity index (χ4v) is 1.49. The molecular formula is C13H12N2O3. The van der Waals surface area contributed by atoms with Gasteiger partial charge in [-0.25, -0.2) is 4.98 Å². The Hall–Kier alpha value is -2.43. The highest BCUT2D eigenvalue weighted by atomic mass is 16.5. The Bertz CT molecular complexity index is 553. The van der Waals surface area contributed by atoms with Gasteiger partial charge in [0.1, 0.15) is 6.29 Å². The number of methoxy groups -OCH3 is 2. The lowest BCUT2D eigenvalue weighted by molar-refractivity contribution is 0.112. The molecule has 92 valence electrons. The van der Waals surface area contributed by atoms with E-state index in [4.69, 9.17) is 9.47 Å². The zero-order chi connectivity index (χ0) is 13.0. The Morgan fingerprint density at radius 1 is 1.11 bits per heavy atom. The second-order valence-electron chi connectivity index (χ2n) is 3.51. The summed E-state index contributed by atoms with van der Waals surface area (Å²) in [6, 6.07) is 6.99. The SMILES string of the molecule is COc1cnc(-c2ccc(C=O)cc2)nc1OC. The Balaban J connectivity index is 2.40. The number of ether oxygens (including phenoxy) is 2. The predicted molar refractivity (Wildman–Crippen MR) is 66.0 cm³/mol. The molecule has 0 bridgehead atoms. The third-order valence-corrected chi connectivity index (χ3v) is 2.44. The molecule has 2 aromatic rings. The lowest BCUT2D eigenvalue weighted by atomic mass is 10.1. The van der Waals surface area contributed by atoms with E-state index in [1.807, 2.05) is 0 Å². The van der Waals surface area contributed by atoms with Crippen molar-refractivity contribution >= 4 is 6.29 Å². The number of aromatic nitrogens is 2. The first-order valence-corrected chi connectivity index (χ1v) is 5.29. The molecule has 0 atom stereocenters. The van der Waals surface area contributed by atoms with Crippen LogP contribution in [0.25, 0.3) is 11.4 Å². The van der Waals surface area contributed by atoms with Gasteiger partial charge in [-0.15, -0.1) is 0 Å². The van der Waals surface area contributed by atoms with Gasteiger partial charge in [0.05, 0.1) is 20.4 Å². The van der Waals surface area contributed by atoms with Crippen molar-refractivity contribution in [3.8, 4) is 23.0 Å². The molecule has 0 aliphatic heterocycles. The molecule has 0 saturated heterocycles. The van der Waals surface area contributed by atoms with Crippen molar-refractivity contribution in [2.24, 2.45) is 0 Å². The van der Waals surface area contributed by atoms with Crippen LogP contribution in [0, 0.1) is 0 Å². The highest BCUT2D eigenvalue weighted by Gasteiger charge is 2.09. The first kappa shape index (κ1) is 12.0. The molecule has 0 aliphatic carbocycles. The average molecular weight is 244 g/mol. The lowest BCUT2D eigenvalue weighted by Gasteiger charge is -2.07. The molecule has 0 radical (unpaired) electrons. The summed E-state index contributed by atoms with van der Waals surface area (Å²) in [5.74, 6) is 1.37. The monoisotopic (exact) mass is 244 g/mol. The van der Waals surface area contributed by atoms with E-state index < -0.39 is 0 Å². The molecule has 18 heavy (non-hydrogen) atoms. The van der Waals surface area contributed by atoms with Crippen molar-refractivity contribution in [1.82, 2.24) is 9.97 Å². The van der Waals surface area contributed by atoms with Crippen LogP contribution in [0.15, 0.2) is 30.5 Å². The van der Waals surface area contributed by atoms with Crippen molar-refractivity contribution < 1.29 is 14.3 Å². The summed E-state index contributed by atoms with van der Waals surface area (Å²) in [7, 11) is 3.05. The number of aldehydes is 1. The fourth-order valence-electron chi connectivity index (χ4n) is 1.49. The topological polar surface area (TPSA) is 61.3 Å². The maximum Gasteiger partial charge on any atom is 0.260 e. The first-order valence-electron chi connectivity index (χ1n) is 5.29. The molecule has 0 spiro atoms. The van der Waals surface area contributed by atoms with Gasteiger partial charge in [-0.05, 0) is 0 Å². The summed E-state index contributed by atoms with van der Waals surface area (Å²) in [4.78, 5) is 19.0. The van der Waals surface area contributed by atoms with Crippen LogP contribution in [0.1, 0.15) is 10.4 Å². The first-order chi connectivity index (χ1) is 8.78. The smallest absolute Gasteiger partial charge is 0.260 e. The zero-order valence-electron chi connectivity index (χ0n) is 10.1. The number of carbonyl (C=O) groups is 1. The lowest BCUT2D eigenvalue weighted by Crippen LogP contribution is -1.97. The van der Waals surface area contributed by atoms with Gasteiger partial charge in [0.2, 0.25) is 0 Å². The summed E-state index contributed by atoms with van der Waals surface area (Å²) in [5.41, 5.74) is 1.42. The van der Waals surface area contributed by atoms with E-state index >= 15 is 0 Å². The van der Waals surface area contributed by atoms with Crippen LogP contribution in [0.3, 0.4) is 0 Å². The minimum absolute atomic E-state index is 0.377. The Morgan fingerprint density at radius 2 is 1.83 bits per heavy atom. The fraction of sp³-hybridized carbons (Fsp3) is 0.154. The van der Waals surface area contributed by atoms with Crippen LogP contribution in [0.2, 0.25) is 0 Å². The largest absolute Gasteiger partial charge is 0.490 e. The molecule has 1 aromatic carbocycles. The Labute approximate surface area is 104 Å². The third kappa shape index (κ3) is 2.29. The highest BCUT2D eigenvalue weighted by molar-refractivity contribution is 5.76. The van der Waals surface area contributed by atoms with Gasteiger partial charge in [0.15, 0.2) is 11.6 Å². The quantitative estimate of drug-likeness (QED) is 0.769. The van der Waals surface area contributed by atoms with E-state index in [-0.39, 0.29) is 0 Å². The van der Waals surface area contributed by atoms with Crippen LogP contribution in [-0.4, -0.2) is 30.5 Å². The van der Waals surface area contributed by atoms with Crippen molar-refractivity contribution in [3.63, 3.8) is 0 Å². The van der Waals surface area contributed by atoms with Crippen LogP contribution >= 0.6 is 0 Å². The second-order valence-corrected chi connectivity index (χ2v) is 3.51. The van der Waals surface area contributed by atoms with Crippen molar-refractivity contribution in [3.05, 3.63) is 36.0 Å². The summed E-state index contributed by atoms with van der Waals surface area (Å²) < 4.78 is 10.2. The van der Waals surface area contributed by atoms with Crippen LogP contribution < -0.4 is 9.47 Å². The van der Waals surface area contributed by atoms with Gasteiger partial charge in [-0.3, -0.25) is 4.79 Å². The normalized spacial score (nSPS) is 9.89. The van der Waals surface area contributed by atoms with E-state index in [2.05, 4.69) is 9.97 Å². The third-order valence-electron chi connectivity index (χ3n) is 2.44. The molecule has 0 fully saturated rings. The molecule has 1 aromatic heterocycles. The number of nitrogens with zero attached hydrogens (tertiary/aromatic N) is 2. The zero-order valence-corrected chi connectivity index (χ0v) is 10.1. The van der Waals surface area contributed by atoms with Gasteiger partial charge < -0.3 is 9.47 Å². The minimum atomic E-state index is 0.377. The minimum Gasteiger partial charge on any atom is -0.490 e. The van der Waals surface area contributed by atoms with Gasteiger partial charge in [-0.2, -0.15) is 4.98 Å². The number of carbonyl (C=O) groups excluding carboxylic acids is 1. The number of rotatable bonds is 4. The van der Waals surface area contributed by atoms with Crippen LogP contribution in [-0.2, 0) is 0 Å². The molecule has 0 N–H and O–H groups in total. The Morgan fingerprint density at radius 3 is 2.39 bits per heavy atom. The molecule has 0 saturated carbocycles. The highest BCUT2D eigenvalue weighted by Crippen LogP contribution is 2.26. The summed E-state index contributed by atoms with van der Waals surface area (Å²) in [5, 5.41) is 0. The summed E-state index contributed by atoms with van der Waals surface area (Å²) in [6.45, 7) is 0. The van der Waals surface area contributed by atoms with Crippen molar-refractivity contribution in [2.75, 3.05) is 14.2 Å². The van der Waals surface area contributed by atoms with Crippen LogP contribution in [0.5, 0.6) is 11.6 Å².